The van der Waals surface area contributed by atoms with Gasteiger partial charge >= 0.3 is 0 Å². The minimum absolute atomic E-state index is 0.228. The first-order valence-corrected chi connectivity index (χ1v) is 10.2. The molecule has 0 radical (unpaired) electrons. The van der Waals surface area contributed by atoms with E-state index in [1.165, 1.54) is 0 Å². The van der Waals surface area contributed by atoms with Crippen LogP contribution in [0.15, 0.2) is 77.2 Å². The highest BCUT2D eigenvalue weighted by Gasteiger charge is 2.23. The van der Waals surface area contributed by atoms with Gasteiger partial charge in [-0.2, -0.15) is 0 Å². The highest BCUT2D eigenvalue weighted by Crippen LogP contribution is 2.30. The lowest BCUT2D eigenvalue weighted by atomic mass is 10.0. The van der Waals surface area contributed by atoms with Crippen molar-refractivity contribution in [1.29, 1.82) is 0 Å². The maximum Gasteiger partial charge on any atom is 0.287 e. The fourth-order valence-corrected chi connectivity index (χ4v) is 3.63. The number of rotatable bonds is 7. The van der Waals surface area contributed by atoms with Crippen molar-refractivity contribution in [2.45, 2.75) is 26.5 Å². The third kappa shape index (κ3) is 4.40. The molecular weight excluding hydrogens is 390 g/mol. The lowest BCUT2D eigenvalue weighted by Crippen LogP contribution is -2.27. The molecule has 0 aliphatic carbocycles. The molecule has 1 N–H and O–H groups in total. The van der Waals surface area contributed by atoms with Gasteiger partial charge in [-0.25, -0.2) is 0 Å². The number of carbonyl (C=O) groups is 1. The van der Waals surface area contributed by atoms with Crippen LogP contribution in [0.5, 0.6) is 11.5 Å². The molecule has 0 aliphatic heterocycles. The molecule has 31 heavy (non-hydrogen) atoms. The Bertz CT molecular complexity index is 1200. The SMILES string of the molecule is COc1ccc(C)cc1C(C)NC(=O)c1oc2ccccc2c1COc1ccccc1. The molecule has 1 heterocycles. The molecule has 158 valence electrons. The summed E-state index contributed by atoms with van der Waals surface area (Å²) in [6, 6.07) is 22.8. The second-order valence-electron chi connectivity index (χ2n) is 7.45. The average molecular weight is 415 g/mol. The molecule has 1 atom stereocenters. The van der Waals surface area contributed by atoms with E-state index in [-0.39, 0.29) is 24.3 Å². The van der Waals surface area contributed by atoms with Crippen LogP contribution in [-0.4, -0.2) is 13.0 Å². The summed E-state index contributed by atoms with van der Waals surface area (Å²) >= 11 is 0. The predicted octanol–water partition coefficient (Wildman–Crippen LogP) is 5.82. The highest BCUT2D eigenvalue weighted by atomic mass is 16.5. The summed E-state index contributed by atoms with van der Waals surface area (Å²) in [5, 5.41) is 3.91. The van der Waals surface area contributed by atoms with Crippen LogP contribution in [0.4, 0.5) is 0 Å². The maximum atomic E-state index is 13.2. The smallest absolute Gasteiger partial charge is 0.287 e. The third-order valence-corrected chi connectivity index (χ3v) is 5.23. The Morgan fingerprint density at radius 3 is 2.55 bits per heavy atom. The summed E-state index contributed by atoms with van der Waals surface area (Å²) < 4.78 is 17.3. The summed E-state index contributed by atoms with van der Waals surface area (Å²) in [4.78, 5) is 13.2. The van der Waals surface area contributed by atoms with Gasteiger partial charge in [-0.3, -0.25) is 4.79 Å². The van der Waals surface area contributed by atoms with Gasteiger partial charge in [-0.05, 0) is 38.1 Å². The summed E-state index contributed by atoms with van der Waals surface area (Å²) in [5.74, 6) is 1.43. The zero-order valence-corrected chi connectivity index (χ0v) is 17.8. The van der Waals surface area contributed by atoms with E-state index < -0.39 is 0 Å². The molecule has 3 aromatic carbocycles. The molecule has 0 fully saturated rings. The van der Waals surface area contributed by atoms with E-state index in [1.807, 2.05) is 86.6 Å². The molecule has 0 bridgehead atoms. The maximum absolute atomic E-state index is 13.2. The largest absolute Gasteiger partial charge is 0.496 e. The van der Waals surface area contributed by atoms with Gasteiger partial charge in [0.15, 0.2) is 5.76 Å². The fraction of sp³-hybridized carbons (Fsp3) is 0.192. The van der Waals surface area contributed by atoms with E-state index >= 15 is 0 Å². The zero-order valence-electron chi connectivity index (χ0n) is 17.8. The van der Waals surface area contributed by atoms with Crippen LogP contribution >= 0.6 is 0 Å². The Hall–Kier alpha value is -3.73. The number of aryl methyl sites for hydroxylation is 1. The van der Waals surface area contributed by atoms with Crippen LogP contribution in [0.2, 0.25) is 0 Å². The van der Waals surface area contributed by atoms with Gasteiger partial charge in [-0.1, -0.05) is 54.1 Å². The number of ether oxygens (including phenoxy) is 2. The number of fused-ring (bicyclic) bond motifs is 1. The minimum atomic E-state index is -0.293. The lowest BCUT2D eigenvalue weighted by molar-refractivity contribution is 0.0910. The number of amides is 1. The molecule has 5 heteroatoms. The molecule has 0 aliphatic rings. The van der Waals surface area contributed by atoms with Gasteiger partial charge in [0.25, 0.3) is 5.91 Å². The number of nitrogens with one attached hydrogen (secondary N) is 1. The summed E-state index contributed by atoms with van der Waals surface area (Å²) in [7, 11) is 1.63. The van der Waals surface area contributed by atoms with Gasteiger partial charge in [0.1, 0.15) is 23.7 Å². The normalized spacial score (nSPS) is 11.8. The highest BCUT2D eigenvalue weighted by molar-refractivity contribution is 5.99. The molecule has 1 unspecified atom stereocenters. The summed E-state index contributed by atoms with van der Waals surface area (Å²) in [6.07, 6.45) is 0. The Balaban J connectivity index is 1.62. The van der Waals surface area contributed by atoms with Crippen LogP contribution in [0.3, 0.4) is 0 Å². The number of carbonyl (C=O) groups excluding carboxylic acids is 1. The number of hydrogen-bond acceptors (Lipinski definition) is 4. The minimum Gasteiger partial charge on any atom is -0.496 e. The van der Waals surface area contributed by atoms with E-state index in [2.05, 4.69) is 5.32 Å². The van der Waals surface area contributed by atoms with Gasteiger partial charge in [0, 0.05) is 16.5 Å². The Labute approximate surface area is 181 Å². The Morgan fingerprint density at radius 1 is 1.03 bits per heavy atom. The van der Waals surface area contributed by atoms with Crippen molar-refractivity contribution < 1.29 is 18.7 Å². The van der Waals surface area contributed by atoms with Gasteiger partial charge in [0.05, 0.1) is 13.2 Å². The summed E-state index contributed by atoms with van der Waals surface area (Å²) in [5.41, 5.74) is 3.38. The lowest BCUT2D eigenvalue weighted by Gasteiger charge is -2.18. The van der Waals surface area contributed by atoms with Crippen molar-refractivity contribution in [2.75, 3.05) is 7.11 Å². The van der Waals surface area contributed by atoms with Gasteiger partial charge < -0.3 is 19.2 Å². The van der Waals surface area contributed by atoms with E-state index in [0.29, 0.717) is 5.58 Å². The second kappa shape index (κ2) is 8.96. The van der Waals surface area contributed by atoms with Gasteiger partial charge in [-0.15, -0.1) is 0 Å². The first-order valence-electron chi connectivity index (χ1n) is 10.2. The van der Waals surface area contributed by atoms with E-state index in [9.17, 15) is 4.79 Å². The first kappa shape index (κ1) is 20.5. The topological polar surface area (TPSA) is 60.7 Å². The van der Waals surface area contributed by atoms with Crippen molar-refractivity contribution in [1.82, 2.24) is 5.32 Å². The van der Waals surface area contributed by atoms with Crippen molar-refractivity contribution >= 4 is 16.9 Å². The van der Waals surface area contributed by atoms with Crippen LogP contribution in [0.25, 0.3) is 11.0 Å². The Kier molecular flexibility index (Phi) is 5.94. The number of hydrogen-bond donors (Lipinski definition) is 1. The van der Waals surface area contributed by atoms with Crippen LogP contribution in [0, 0.1) is 6.92 Å². The van der Waals surface area contributed by atoms with Crippen LogP contribution in [-0.2, 0) is 6.61 Å². The molecular formula is C26H25NO4. The fourth-order valence-electron chi connectivity index (χ4n) is 3.63. The average Bonchev–Trinajstić information content (AvgIpc) is 3.17. The molecule has 0 saturated heterocycles. The zero-order chi connectivity index (χ0) is 21.8. The molecule has 4 rings (SSSR count). The van der Waals surface area contributed by atoms with Crippen molar-refractivity contribution in [3.8, 4) is 11.5 Å². The quantitative estimate of drug-likeness (QED) is 0.413. The molecule has 1 aromatic heterocycles. The molecule has 4 aromatic rings. The van der Waals surface area contributed by atoms with Gasteiger partial charge in [0.2, 0.25) is 0 Å². The van der Waals surface area contributed by atoms with Crippen molar-refractivity contribution in [3.63, 3.8) is 0 Å². The first-order chi connectivity index (χ1) is 15.1. The summed E-state index contributed by atoms with van der Waals surface area (Å²) in [6.45, 7) is 4.17. The van der Waals surface area contributed by atoms with Crippen molar-refractivity contribution in [3.05, 3.63) is 95.2 Å². The molecule has 0 spiro atoms. The number of furan rings is 1. The Morgan fingerprint density at radius 2 is 1.77 bits per heavy atom. The second-order valence-corrected chi connectivity index (χ2v) is 7.45. The number of benzene rings is 3. The van der Waals surface area contributed by atoms with E-state index in [0.717, 1.165) is 33.6 Å². The third-order valence-electron chi connectivity index (χ3n) is 5.23. The van der Waals surface area contributed by atoms with Crippen LogP contribution in [0.1, 0.15) is 40.2 Å². The van der Waals surface area contributed by atoms with Crippen molar-refractivity contribution in [2.24, 2.45) is 0 Å². The number of para-hydroxylation sites is 2. The monoisotopic (exact) mass is 415 g/mol. The van der Waals surface area contributed by atoms with Crippen LogP contribution < -0.4 is 14.8 Å². The molecule has 1 amide bonds. The predicted molar refractivity (Wildman–Crippen MR) is 121 cm³/mol. The molecule has 0 saturated carbocycles. The van der Waals surface area contributed by atoms with E-state index in [4.69, 9.17) is 13.9 Å². The van der Waals surface area contributed by atoms with E-state index in [1.54, 1.807) is 7.11 Å². The molecule has 5 nitrogen and oxygen atoms in total. The number of methoxy groups -OCH3 is 1. The standard InChI is InChI=1S/C26H25NO4/c1-17-13-14-23(29-3)21(15-17)18(2)27-26(28)25-22(16-30-19-9-5-4-6-10-19)20-11-7-8-12-24(20)31-25/h4-15,18H,16H2,1-3H3,(H,27,28).